The van der Waals surface area contributed by atoms with Gasteiger partial charge in [-0.25, -0.2) is 23.8 Å². The number of anilines is 1. The SMILES string of the molecule is CCn1c(-c2nonc2N)nc2cnc(Oc3ccc(F)cc3)c(C(=O)O)c21. The molecule has 0 aliphatic carbocycles. The molecule has 3 heterocycles. The number of carboxylic acid groups (broad SMARTS) is 1. The number of ether oxygens (including phenoxy) is 1. The highest BCUT2D eigenvalue weighted by atomic mass is 19.1. The number of halogens is 1. The van der Waals surface area contributed by atoms with E-state index in [0.29, 0.717) is 17.9 Å². The highest BCUT2D eigenvalue weighted by Crippen LogP contribution is 2.33. The highest BCUT2D eigenvalue weighted by molar-refractivity contribution is 6.04. The summed E-state index contributed by atoms with van der Waals surface area (Å²) in [6.07, 6.45) is 1.37. The maximum absolute atomic E-state index is 13.1. The van der Waals surface area contributed by atoms with Crippen molar-refractivity contribution in [2.24, 2.45) is 0 Å². The number of hydrogen-bond acceptors (Lipinski definition) is 8. The number of imidazole rings is 1. The molecule has 3 aromatic heterocycles. The maximum Gasteiger partial charge on any atom is 0.343 e. The molecular formula is C17H13FN6O4. The van der Waals surface area contributed by atoms with Gasteiger partial charge in [0.05, 0.1) is 11.7 Å². The molecule has 4 rings (SSSR count). The average Bonchev–Trinajstić information content (AvgIpc) is 3.25. The standard InChI is InChI=1S/C17H13FN6O4/c1-2-24-13-10(21-15(24)12-14(19)23-28-22-12)7-20-16(11(13)17(25)26)27-9-5-3-8(18)4-6-9/h3-7H,2H2,1H3,(H2,19,23)(H,25,26). The first-order valence-corrected chi connectivity index (χ1v) is 8.14. The van der Waals surface area contributed by atoms with Crippen molar-refractivity contribution in [3.8, 4) is 23.1 Å². The number of nitrogens with zero attached hydrogens (tertiary/aromatic N) is 5. The molecule has 0 spiro atoms. The van der Waals surface area contributed by atoms with Gasteiger partial charge in [0.15, 0.2) is 17.3 Å². The largest absolute Gasteiger partial charge is 0.477 e. The molecule has 0 saturated carbocycles. The number of nitrogens with two attached hydrogens (primary N) is 1. The van der Waals surface area contributed by atoms with Crippen molar-refractivity contribution in [3.63, 3.8) is 0 Å². The van der Waals surface area contributed by atoms with Gasteiger partial charge in [0.2, 0.25) is 5.88 Å². The molecule has 142 valence electrons. The third-order valence-electron chi connectivity index (χ3n) is 4.03. The van der Waals surface area contributed by atoms with Crippen LogP contribution in [0.4, 0.5) is 10.2 Å². The molecule has 3 N–H and O–H groups in total. The van der Waals surface area contributed by atoms with Gasteiger partial charge in [-0.15, -0.1) is 0 Å². The fourth-order valence-electron chi connectivity index (χ4n) is 2.83. The Labute approximate surface area is 156 Å². The predicted molar refractivity (Wildman–Crippen MR) is 94.3 cm³/mol. The number of carboxylic acids is 1. The molecular weight excluding hydrogens is 371 g/mol. The van der Waals surface area contributed by atoms with E-state index in [1.54, 1.807) is 11.5 Å². The lowest BCUT2D eigenvalue weighted by Gasteiger charge is -2.10. The third-order valence-corrected chi connectivity index (χ3v) is 4.03. The van der Waals surface area contributed by atoms with Crippen LogP contribution in [0.1, 0.15) is 17.3 Å². The summed E-state index contributed by atoms with van der Waals surface area (Å²) < 4.78 is 24.9. The first-order valence-electron chi connectivity index (χ1n) is 8.14. The zero-order valence-corrected chi connectivity index (χ0v) is 14.5. The second-order valence-corrected chi connectivity index (χ2v) is 5.71. The molecule has 11 heteroatoms. The van der Waals surface area contributed by atoms with Crippen LogP contribution in [0.2, 0.25) is 0 Å². The van der Waals surface area contributed by atoms with E-state index in [2.05, 4.69) is 24.9 Å². The zero-order valence-electron chi connectivity index (χ0n) is 14.5. The van der Waals surface area contributed by atoms with E-state index < -0.39 is 11.8 Å². The Balaban J connectivity index is 1.93. The van der Waals surface area contributed by atoms with Crippen LogP contribution < -0.4 is 10.5 Å². The van der Waals surface area contributed by atoms with Gasteiger partial charge in [-0.05, 0) is 41.5 Å². The number of hydrogen-bond donors (Lipinski definition) is 2. The Morgan fingerprint density at radius 1 is 1.32 bits per heavy atom. The number of aryl methyl sites for hydroxylation is 1. The summed E-state index contributed by atoms with van der Waals surface area (Å²) in [6, 6.07) is 5.14. The Morgan fingerprint density at radius 2 is 2.07 bits per heavy atom. The summed E-state index contributed by atoms with van der Waals surface area (Å²) in [5.41, 5.74) is 6.33. The zero-order chi connectivity index (χ0) is 19.8. The lowest BCUT2D eigenvalue weighted by molar-refractivity contribution is 0.0695. The molecule has 28 heavy (non-hydrogen) atoms. The number of pyridine rings is 1. The molecule has 0 saturated heterocycles. The number of nitrogen functional groups attached to an aromatic ring is 1. The van der Waals surface area contributed by atoms with Gasteiger partial charge in [-0.1, -0.05) is 0 Å². The topological polar surface area (TPSA) is 142 Å². The molecule has 0 unspecified atom stereocenters. The van der Waals surface area contributed by atoms with E-state index in [1.807, 2.05) is 0 Å². The minimum atomic E-state index is -1.26. The second kappa shape index (κ2) is 6.61. The van der Waals surface area contributed by atoms with E-state index in [4.69, 9.17) is 10.5 Å². The van der Waals surface area contributed by atoms with Crippen molar-refractivity contribution in [1.29, 1.82) is 0 Å². The fourth-order valence-corrected chi connectivity index (χ4v) is 2.83. The molecule has 0 aliphatic rings. The third kappa shape index (κ3) is 2.78. The van der Waals surface area contributed by atoms with Crippen molar-refractivity contribution >= 4 is 22.8 Å². The minimum Gasteiger partial charge on any atom is -0.477 e. The number of aromatic carboxylic acids is 1. The summed E-state index contributed by atoms with van der Waals surface area (Å²) in [7, 11) is 0. The highest BCUT2D eigenvalue weighted by Gasteiger charge is 2.26. The predicted octanol–water partition coefficient (Wildman–Crippen LogP) is 2.71. The van der Waals surface area contributed by atoms with E-state index in [1.165, 1.54) is 30.5 Å². The summed E-state index contributed by atoms with van der Waals surface area (Å²) >= 11 is 0. The maximum atomic E-state index is 13.1. The van der Waals surface area contributed by atoms with Gasteiger partial charge in [0.25, 0.3) is 0 Å². The van der Waals surface area contributed by atoms with Crippen LogP contribution >= 0.6 is 0 Å². The number of aromatic nitrogens is 5. The van der Waals surface area contributed by atoms with E-state index in [-0.39, 0.29) is 34.2 Å². The van der Waals surface area contributed by atoms with Crippen LogP contribution in [0, 0.1) is 5.82 Å². The van der Waals surface area contributed by atoms with Crippen LogP contribution in [-0.4, -0.2) is 35.9 Å². The molecule has 0 atom stereocenters. The summed E-state index contributed by atoms with van der Waals surface area (Å²) in [5, 5.41) is 17.1. The summed E-state index contributed by atoms with van der Waals surface area (Å²) in [4.78, 5) is 20.5. The van der Waals surface area contributed by atoms with Crippen molar-refractivity contribution in [1.82, 2.24) is 24.8 Å². The Morgan fingerprint density at radius 3 is 2.68 bits per heavy atom. The van der Waals surface area contributed by atoms with Crippen LogP contribution in [0.3, 0.4) is 0 Å². The smallest absolute Gasteiger partial charge is 0.343 e. The monoisotopic (exact) mass is 384 g/mol. The van der Waals surface area contributed by atoms with Crippen molar-refractivity contribution in [2.75, 3.05) is 5.73 Å². The molecule has 0 fully saturated rings. The molecule has 10 nitrogen and oxygen atoms in total. The second-order valence-electron chi connectivity index (χ2n) is 5.71. The van der Waals surface area contributed by atoms with Crippen molar-refractivity contribution in [3.05, 3.63) is 41.8 Å². The summed E-state index contributed by atoms with van der Waals surface area (Å²) in [5.74, 6) is -1.30. The quantitative estimate of drug-likeness (QED) is 0.531. The molecule has 0 bridgehead atoms. The molecule has 1 aromatic carbocycles. The Kier molecular flexibility index (Phi) is 4.11. The van der Waals surface area contributed by atoms with Gasteiger partial charge < -0.3 is 20.1 Å². The van der Waals surface area contributed by atoms with Gasteiger partial charge >= 0.3 is 5.97 Å². The lowest BCUT2D eigenvalue weighted by Crippen LogP contribution is -2.07. The van der Waals surface area contributed by atoms with Crippen molar-refractivity contribution < 1.29 is 23.7 Å². The van der Waals surface area contributed by atoms with Crippen molar-refractivity contribution in [2.45, 2.75) is 13.5 Å². The summed E-state index contributed by atoms with van der Waals surface area (Å²) in [6.45, 7) is 2.17. The first-order chi connectivity index (χ1) is 13.5. The van der Waals surface area contributed by atoms with Gasteiger partial charge in [-0.2, -0.15) is 0 Å². The number of rotatable bonds is 5. The number of benzene rings is 1. The molecule has 0 radical (unpaired) electrons. The van der Waals surface area contributed by atoms with Crippen LogP contribution in [-0.2, 0) is 6.54 Å². The number of carbonyl (C=O) groups is 1. The normalized spacial score (nSPS) is 11.1. The van der Waals surface area contributed by atoms with Crippen LogP contribution in [0.5, 0.6) is 11.6 Å². The van der Waals surface area contributed by atoms with Gasteiger partial charge in [0.1, 0.15) is 22.6 Å². The van der Waals surface area contributed by atoms with E-state index in [0.717, 1.165) is 0 Å². The Bertz CT molecular complexity index is 1180. The molecule has 0 amide bonds. The van der Waals surface area contributed by atoms with Crippen LogP contribution in [0.25, 0.3) is 22.6 Å². The van der Waals surface area contributed by atoms with E-state index >= 15 is 0 Å². The van der Waals surface area contributed by atoms with Crippen LogP contribution in [0.15, 0.2) is 35.1 Å². The lowest BCUT2D eigenvalue weighted by atomic mass is 10.2. The fraction of sp³-hybridized carbons (Fsp3) is 0.118. The Hall–Kier alpha value is -4.02. The number of fused-ring (bicyclic) bond motifs is 1. The molecule has 4 aromatic rings. The van der Waals surface area contributed by atoms with E-state index in [9.17, 15) is 14.3 Å². The van der Waals surface area contributed by atoms with Gasteiger partial charge in [0, 0.05) is 6.54 Å². The molecule has 0 aliphatic heterocycles. The first kappa shape index (κ1) is 17.4. The minimum absolute atomic E-state index is 0.0256. The van der Waals surface area contributed by atoms with Gasteiger partial charge in [-0.3, -0.25) is 0 Å². The average molecular weight is 384 g/mol.